The van der Waals surface area contributed by atoms with Crippen LogP contribution >= 0.6 is 11.6 Å². The van der Waals surface area contributed by atoms with Crippen LogP contribution in [-0.2, 0) is 6.42 Å². The van der Waals surface area contributed by atoms with E-state index in [2.05, 4.69) is 4.98 Å². The van der Waals surface area contributed by atoms with Crippen molar-refractivity contribution < 1.29 is 24.1 Å². The minimum Gasteiger partial charge on any atom is -0.496 e. The molecular formula is C23H23ClFNO5. The van der Waals surface area contributed by atoms with Crippen LogP contribution in [0.5, 0.6) is 5.75 Å². The van der Waals surface area contributed by atoms with Gasteiger partial charge in [-0.25, -0.2) is 9.18 Å². The number of fused-ring (bicyclic) bond motifs is 1. The lowest BCUT2D eigenvalue weighted by molar-refractivity contribution is 0.0695. The predicted molar refractivity (Wildman–Crippen MR) is 117 cm³/mol. The molecule has 0 aliphatic carbocycles. The first-order valence-electron chi connectivity index (χ1n) is 9.73. The van der Waals surface area contributed by atoms with Crippen molar-refractivity contribution in [3.8, 4) is 5.75 Å². The number of carboxylic acid groups (broad SMARTS) is 1. The molecule has 3 aromatic rings. The fourth-order valence-corrected chi connectivity index (χ4v) is 4.04. The van der Waals surface area contributed by atoms with Gasteiger partial charge in [-0.05, 0) is 29.2 Å². The Morgan fingerprint density at radius 2 is 2.00 bits per heavy atom. The molecule has 0 fully saturated rings. The van der Waals surface area contributed by atoms with Gasteiger partial charge in [-0.3, -0.25) is 4.79 Å². The largest absolute Gasteiger partial charge is 0.496 e. The Morgan fingerprint density at radius 1 is 1.29 bits per heavy atom. The number of aromatic nitrogens is 1. The Balaban J connectivity index is 2.40. The van der Waals surface area contributed by atoms with Gasteiger partial charge < -0.3 is 19.9 Å². The number of pyridine rings is 1. The maximum Gasteiger partial charge on any atom is 0.341 e. The molecule has 0 amide bonds. The number of H-pyrrole nitrogens is 1. The fraction of sp³-hybridized carbons (Fsp3) is 0.304. The fourth-order valence-electron chi connectivity index (χ4n) is 3.84. The van der Waals surface area contributed by atoms with Gasteiger partial charge in [0.05, 0.1) is 24.3 Å². The van der Waals surface area contributed by atoms with Gasteiger partial charge >= 0.3 is 5.97 Å². The van der Waals surface area contributed by atoms with Gasteiger partial charge in [-0.1, -0.05) is 37.6 Å². The number of nitrogens with one attached hydrogen (secondary N) is 1. The Hall–Kier alpha value is -2.90. The number of hydrogen-bond donors (Lipinski definition) is 3. The smallest absolute Gasteiger partial charge is 0.341 e. The molecule has 0 unspecified atom stereocenters. The summed E-state index contributed by atoms with van der Waals surface area (Å²) < 4.78 is 20.3. The molecule has 0 aliphatic rings. The van der Waals surface area contributed by atoms with Crippen LogP contribution in [0.3, 0.4) is 0 Å². The van der Waals surface area contributed by atoms with E-state index in [0.29, 0.717) is 28.0 Å². The average molecular weight is 448 g/mol. The minimum atomic E-state index is -1.36. The van der Waals surface area contributed by atoms with Crippen molar-refractivity contribution >= 4 is 28.5 Å². The van der Waals surface area contributed by atoms with E-state index >= 15 is 0 Å². The number of aromatic carboxylic acids is 1. The van der Waals surface area contributed by atoms with Crippen LogP contribution in [-0.4, -0.2) is 34.9 Å². The molecular weight excluding hydrogens is 425 g/mol. The summed E-state index contributed by atoms with van der Waals surface area (Å²) in [5, 5.41) is 19.5. The summed E-state index contributed by atoms with van der Waals surface area (Å²) in [5.41, 5.74) is 0.635. The second-order valence-electron chi connectivity index (χ2n) is 7.66. The normalized spacial score (nSPS) is 12.4. The highest BCUT2D eigenvalue weighted by molar-refractivity contribution is 6.30. The molecule has 3 rings (SSSR count). The number of rotatable bonds is 7. The van der Waals surface area contributed by atoms with Gasteiger partial charge in [0.2, 0.25) is 5.43 Å². The highest BCUT2D eigenvalue weighted by atomic mass is 35.5. The molecule has 0 saturated heterocycles. The van der Waals surface area contributed by atoms with Gasteiger partial charge in [0.1, 0.15) is 17.1 Å². The van der Waals surface area contributed by atoms with E-state index in [1.807, 2.05) is 13.8 Å². The second-order valence-corrected chi connectivity index (χ2v) is 8.07. The molecule has 0 bridgehead atoms. The Kier molecular flexibility index (Phi) is 6.67. The summed E-state index contributed by atoms with van der Waals surface area (Å²) in [5.74, 6) is -1.97. The molecule has 2 aromatic carbocycles. The van der Waals surface area contributed by atoms with Crippen LogP contribution in [0.15, 0.2) is 35.3 Å². The van der Waals surface area contributed by atoms with E-state index in [-0.39, 0.29) is 29.4 Å². The Morgan fingerprint density at radius 3 is 2.58 bits per heavy atom. The third kappa shape index (κ3) is 4.16. The van der Waals surface area contributed by atoms with Crippen LogP contribution in [0, 0.1) is 11.7 Å². The van der Waals surface area contributed by atoms with Crippen molar-refractivity contribution in [3.05, 3.63) is 73.8 Å². The van der Waals surface area contributed by atoms with Crippen molar-refractivity contribution in [1.29, 1.82) is 0 Å². The molecule has 0 saturated carbocycles. The minimum absolute atomic E-state index is 0.0251. The van der Waals surface area contributed by atoms with E-state index in [0.717, 1.165) is 6.20 Å². The monoisotopic (exact) mass is 447 g/mol. The summed E-state index contributed by atoms with van der Waals surface area (Å²) in [6.45, 7) is 3.61. The first-order valence-corrected chi connectivity index (χ1v) is 10.1. The van der Waals surface area contributed by atoms with Gasteiger partial charge in [0, 0.05) is 29.5 Å². The molecule has 1 heterocycles. The summed E-state index contributed by atoms with van der Waals surface area (Å²) in [6.07, 6.45) is 1.20. The number of aliphatic hydroxyl groups excluding tert-OH is 1. The number of carboxylic acids is 1. The molecule has 164 valence electrons. The first-order chi connectivity index (χ1) is 14.7. The lowest BCUT2D eigenvalue weighted by atomic mass is 9.84. The van der Waals surface area contributed by atoms with Gasteiger partial charge in [-0.2, -0.15) is 0 Å². The molecule has 8 heteroatoms. The predicted octanol–water partition coefficient (Wildman–Crippen LogP) is 4.35. The zero-order chi connectivity index (χ0) is 22.9. The van der Waals surface area contributed by atoms with Crippen LogP contribution in [0.1, 0.15) is 46.8 Å². The molecule has 1 aromatic heterocycles. The van der Waals surface area contributed by atoms with Crippen LogP contribution in [0.25, 0.3) is 10.9 Å². The zero-order valence-corrected chi connectivity index (χ0v) is 18.1. The number of halogens is 2. The maximum atomic E-state index is 14.6. The maximum absolute atomic E-state index is 14.6. The number of aromatic amines is 1. The Bertz CT molecular complexity index is 1200. The standard InChI is InChI=1S/C23H23ClFNO5/c1-11(2)16(10-27)18-20-14(21(28)15(9-26-20)23(29)30)8-13(22(18)31-3)7-12-5-4-6-17(24)19(12)25/h4-6,8-9,11,16,27H,7,10H2,1-3H3,(H,26,28)(H,29,30)/t16-/m0/s1. The van der Waals surface area contributed by atoms with Gasteiger partial charge in [-0.15, -0.1) is 0 Å². The molecule has 6 nitrogen and oxygen atoms in total. The second kappa shape index (κ2) is 9.08. The Labute approximate surface area is 183 Å². The van der Waals surface area contributed by atoms with Crippen LogP contribution in [0.2, 0.25) is 5.02 Å². The van der Waals surface area contributed by atoms with Crippen molar-refractivity contribution in [3.63, 3.8) is 0 Å². The van der Waals surface area contributed by atoms with E-state index in [1.165, 1.54) is 19.2 Å². The zero-order valence-electron chi connectivity index (χ0n) is 17.3. The van der Waals surface area contributed by atoms with Crippen LogP contribution < -0.4 is 10.2 Å². The van der Waals surface area contributed by atoms with Crippen LogP contribution in [0.4, 0.5) is 4.39 Å². The molecule has 0 radical (unpaired) electrons. The summed E-state index contributed by atoms with van der Waals surface area (Å²) in [4.78, 5) is 27.3. The van der Waals surface area contributed by atoms with Crippen molar-refractivity contribution in [2.45, 2.75) is 26.2 Å². The van der Waals surface area contributed by atoms with E-state index < -0.39 is 28.7 Å². The summed E-state index contributed by atoms with van der Waals surface area (Å²) in [6, 6.07) is 6.15. The molecule has 0 aliphatic heterocycles. The SMILES string of the molecule is COc1c(Cc2cccc(Cl)c2F)cc2c(=O)c(C(=O)O)c[nH]c2c1[C@@H](CO)C(C)C. The average Bonchev–Trinajstić information content (AvgIpc) is 2.72. The molecule has 0 spiro atoms. The van der Waals surface area contributed by atoms with Crippen molar-refractivity contribution in [2.24, 2.45) is 5.92 Å². The lowest BCUT2D eigenvalue weighted by Gasteiger charge is -2.25. The topological polar surface area (TPSA) is 99.6 Å². The van der Waals surface area contributed by atoms with Crippen molar-refractivity contribution in [1.82, 2.24) is 4.98 Å². The molecule has 3 N–H and O–H groups in total. The van der Waals surface area contributed by atoms with E-state index in [1.54, 1.807) is 12.1 Å². The van der Waals surface area contributed by atoms with Gasteiger partial charge in [0.25, 0.3) is 0 Å². The number of aliphatic hydroxyl groups is 1. The highest BCUT2D eigenvalue weighted by Crippen LogP contribution is 2.40. The third-order valence-corrected chi connectivity index (χ3v) is 5.75. The number of carbonyl (C=O) groups is 1. The van der Waals surface area contributed by atoms with Gasteiger partial charge in [0.15, 0.2) is 0 Å². The highest BCUT2D eigenvalue weighted by Gasteiger charge is 2.27. The van der Waals surface area contributed by atoms with E-state index in [9.17, 15) is 24.2 Å². The number of hydrogen-bond acceptors (Lipinski definition) is 4. The molecule has 31 heavy (non-hydrogen) atoms. The number of ether oxygens (including phenoxy) is 1. The quantitative estimate of drug-likeness (QED) is 0.500. The summed E-state index contributed by atoms with van der Waals surface area (Å²) >= 11 is 5.92. The first kappa shape index (κ1) is 22.8. The third-order valence-electron chi connectivity index (χ3n) is 5.46. The molecule has 1 atom stereocenters. The number of benzene rings is 2. The van der Waals surface area contributed by atoms with E-state index in [4.69, 9.17) is 16.3 Å². The lowest BCUT2D eigenvalue weighted by Crippen LogP contribution is -2.19. The number of methoxy groups -OCH3 is 1. The van der Waals surface area contributed by atoms with Crippen molar-refractivity contribution in [2.75, 3.05) is 13.7 Å². The summed E-state index contributed by atoms with van der Waals surface area (Å²) in [7, 11) is 1.46.